The van der Waals surface area contributed by atoms with E-state index in [1.807, 2.05) is 12.1 Å². The zero-order valence-electron chi connectivity index (χ0n) is 21.7. The first-order chi connectivity index (χ1) is 18.6. The van der Waals surface area contributed by atoms with Gasteiger partial charge in [-0.3, -0.25) is 0 Å². The number of fused-ring (bicyclic) bond motifs is 5. The van der Waals surface area contributed by atoms with Crippen molar-refractivity contribution in [3.8, 4) is 22.3 Å². The van der Waals surface area contributed by atoms with Crippen LogP contribution < -0.4 is 5.73 Å². The normalized spacial score (nSPS) is 13.4. The molecule has 7 aromatic rings. The van der Waals surface area contributed by atoms with Gasteiger partial charge in [-0.25, -0.2) is 0 Å². The van der Waals surface area contributed by atoms with E-state index < -0.39 is 0 Å². The summed E-state index contributed by atoms with van der Waals surface area (Å²) >= 11 is 0. The maximum atomic E-state index is 6.56. The van der Waals surface area contributed by atoms with Crippen LogP contribution >= 0.6 is 0 Å². The summed E-state index contributed by atoms with van der Waals surface area (Å²) in [5.41, 5.74) is 14.0. The molecule has 0 aliphatic heterocycles. The molecule has 2 nitrogen and oxygen atoms in total. The van der Waals surface area contributed by atoms with E-state index in [1.54, 1.807) is 0 Å². The van der Waals surface area contributed by atoms with Crippen LogP contribution in [0.5, 0.6) is 0 Å². The molecule has 184 valence electrons. The van der Waals surface area contributed by atoms with Crippen molar-refractivity contribution in [2.45, 2.75) is 25.8 Å². The molecule has 6 aromatic carbocycles. The van der Waals surface area contributed by atoms with E-state index in [0.717, 1.165) is 39.5 Å². The van der Waals surface area contributed by atoms with Gasteiger partial charge in [0, 0.05) is 27.4 Å². The van der Waals surface area contributed by atoms with Crippen molar-refractivity contribution < 1.29 is 4.42 Å². The molecule has 1 heterocycles. The van der Waals surface area contributed by atoms with Crippen molar-refractivity contribution in [1.29, 1.82) is 0 Å². The minimum atomic E-state index is -0.336. The van der Waals surface area contributed by atoms with Crippen LogP contribution in [0, 0.1) is 0 Å². The van der Waals surface area contributed by atoms with Crippen molar-refractivity contribution in [2.75, 3.05) is 0 Å². The second-order valence-corrected chi connectivity index (χ2v) is 10.5. The number of furan rings is 1. The zero-order valence-corrected chi connectivity index (χ0v) is 21.7. The third-order valence-corrected chi connectivity index (χ3v) is 8.17. The van der Waals surface area contributed by atoms with Gasteiger partial charge < -0.3 is 10.2 Å². The number of hydrogen-bond acceptors (Lipinski definition) is 2. The third-order valence-electron chi connectivity index (χ3n) is 8.17. The molecule has 1 aromatic heterocycles. The molecule has 0 saturated heterocycles. The Kier molecular flexibility index (Phi) is 5.14. The maximum absolute atomic E-state index is 6.56. The molecule has 0 radical (unpaired) electrons. The van der Waals surface area contributed by atoms with Gasteiger partial charge in [-0.1, -0.05) is 116 Å². The Morgan fingerprint density at radius 3 is 1.71 bits per heavy atom. The fourth-order valence-corrected chi connectivity index (χ4v) is 5.90. The van der Waals surface area contributed by atoms with E-state index in [9.17, 15) is 0 Å². The highest BCUT2D eigenvalue weighted by Gasteiger charge is 2.21. The lowest BCUT2D eigenvalue weighted by Gasteiger charge is -2.24. The molecule has 0 fully saturated rings. The average molecular weight is 492 g/mol. The molecule has 1 unspecified atom stereocenters. The van der Waals surface area contributed by atoms with Gasteiger partial charge >= 0.3 is 0 Å². The highest BCUT2D eigenvalue weighted by molar-refractivity contribution is 6.24. The van der Waals surface area contributed by atoms with E-state index in [4.69, 9.17) is 10.2 Å². The fraction of sp³-hybridized carbons (Fsp3) is 0.111. The van der Waals surface area contributed by atoms with Crippen LogP contribution in [0.25, 0.3) is 65.7 Å². The minimum Gasteiger partial charge on any atom is -0.455 e. The molecule has 0 amide bonds. The highest BCUT2D eigenvalue weighted by Crippen LogP contribution is 2.46. The number of para-hydroxylation sites is 2. The van der Waals surface area contributed by atoms with Crippen molar-refractivity contribution in [3.63, 3.8) is 0 Å². The van der Waals surface area contributed by atoms with Crippen molar-refractivity contribution >= 4 is 43.5 Å². The molecule has 7 rings (SSSR count). The van der Waals surface area contributed by atoms with Gasteiger partial charge in [0.1, 0.15) is 11.2 Å². The summed E-state index contributed by atoms with van der Waals surface area (Å²) in [6.07, 6.45) is 0.889. The summed E-state index contributed by atoms with van der Waals surface area (Å²) in [7, 11) is 0. The number of nitrogens with two attached hydrogens (primary N) is 1. The van der Waals surface area contributed by atoms with Crippen LogP contribution in [0.2, 0.25) is 0 Å². The molecule has 2 N–H and O–H groups in total. The van der Waals surface area contributed by atoms with Crippen LogP contribution in [0.4, 0.5) is 0 Å². The molecule has 2 heteroatoms. The van der Waals surface area contributed by atoms with Gasteiger partial charge in [-0.15, -0.1) is 0 Å². The van der Waals surface area contributed by atoms with E-state index in [1.165, 1.54) is 38.2 Å². The Morgan fingerprint density at radius 1 is 0.579 bits per heavy atom. The Balaban J connectivity index is 1.57. The molecule has 38 heavy (non-hydrogen) atoms. The second kappa shape index (κ2) is 8.58. The second-order valence-electron chi connectivity index (χ2n) is 10.5. The van der Waals surface area contributed by atoms with Crippen LogP contribution in [-0.4, -0.2) is 0 Å². The van der Waals surface area contributed by atoms with Crippen LogP contribution in [0.1, 0.15) is 25.8 Å². The summed E-state index contributed by atoms with van der Waals surface area (Å²) in [5.74, 6) is 0. The Morgan fingerprint density at radius 2 is 1.11 bits per heavy atom. The lowest BCUT2D eigenvalue weighted by atomic mass is 9.84. The Hall–Kier alpha value is -4.40. The standard InChI is InChI=1S/C36H29NO/c1-3-36(2,37)24-21-19-23(20-22-24)33-26-12-4-6-14-28(26)34(29-15-7-5-13-27(29)33)31-17-10-16-30-25-11-8-9-18-32(25)38-35(30)31/h4-22H,3,37H2,1-2H3. The predicted molar refractivity (Wildman–Crippen MR) is 161 cm³/mol. The molecular formula is C36H29NO. The molecule has 0 aliphatic rings. The fourth-order valence-electron chi connectivity index (χ4n) is 5.90. The molecule has 0 saturated carbocycles. The summed E-state index contributed by atoms with van der Waals surface area (Å²) < 4.78 is 6.49. The summed E-state index contributed by atoms with van der Waals surface area (Å²) in [6.45, 7) is 4.23. The molecule has 0 aliphatic carbocycles. The van der Waals surface area contributed by atoms with E-state index in [0.29, 0.717) is 0 Å². The first kappa shape index (κ1) is 22.8. The van der Waals surface area contributed by atoms with Gasteiger partial charge in [0.15, 0.2) is 0 Å². The van der Waals surface area contributed by atoms with Crippen molar-refractivity contribution in [1.82, 2.24) is 0 Å². The van der Waals surface area contributed by atoms with Gasteiger partial charge in [0.25, 0.3) is 0 Å². The van der Waals surface area contributed by atoms with Crippen LogP contribution in [-0.2, 0) is 5.54 Å². The first-order valence-electron chi connectivity index (χ1n) is 13.3. The summed E-state index contributed by atoms with van der Waals surface area (Å²) in [5, 5.41) is 7.19. The molecule has 0 bridgehead atoms. The maximum Gasteiger partial charge on any atom is 0.143 e. The van der Waals surface area contributed by atoms with Crippen LogP contribution in [0.15, 0.2) is 120 Å². The molecular weight excluding hydrogens is 462 g/mol. The average Bonchev–Trinajstić information content (AvgIpc) is 3.35. The Bertz CT molecular complexity index is 1920. The number of rotatable bonds is 4. The van der Waals surface area contributed by atoms with Crippen LogP contribution in [0.3, 0.4) is 0 Å². The van der Waals surface area contributed by atoms with Gasteiger partial charge in [0.2, 0.25) is 0 Å². The van der Waals surface area contributed by atoms with Crippen molar-refractivity contribution in [3.05, 3.63) is 121 Å². The Labute approximate surface area is 222 Å². The lowest BCUT2D eigenvalue weighted by molar-refractivity contribution is 0.476. The van der Waals surface area contributed by atoms with E-state index in [-0.39, 0.29) is 5.54 Å². The summed E-state index contributed by atoms with van der Waals surface area (Å²) in [4.78, 5) is 0. The monoisotopic (exact) mass is 491 g/mol. The van der Waals surface area contributed by atoms with Gasteiger partial charge in [0.05, 0.1) is 0 Å². The molecule has 1 atom stereocenters. The summed E-state index contributed by atoms with van der Waals surface area (Å²) in [6, 6.07) is 41.1. The largest absolute Gasteiger partial charge is 0.455 e. The SMILES string of the molecule is CCC(C)(N)c1ccc(-c2c3ccccc3c(-c3cccc4c3oc3ccccc34)c3ccccc23)cc1. The van der Waals surface area contributed by atoms with Gasteiger partial charge in [-0.05, 0) is 57.6 Å². The number of benzene rings is 6. The van der Waals surface area contributed by atoms with E-state index >= 15 is 0 Å². The first-order valence-corrected chi connectivity index (χ1v) is 13.3. The molecule has 0 spiro atoms. The zero-order chi connectivity index (χ0) is 25.9. The predicted octanol–water partition coefficient (Wildman–Crippen LogP) is 9.81. The lowest BCUT2D eigenvalue weighted by Crippen LogP contribution is -2.31. The van der Waals surface area contributed by atoms with E-state index in [2.05, 4.69) is 117 Å². The smallest absolute Gasteiger partial charge is 0.143 e. The quantitative estimate of drug-likeness (QED) is 0.249. The number of hydrogen-bond donors (Lipinski definition) is 1. The van der Waals surface area contributed by atoms with Crippen molar-refractivity contribution in [2.24, 2.45) is 5.73 Å². The highest BCUT2D eigenvalue weighted by atomic mass is 16.3. The topological polar surface area (TPSA) is 39.2 Å². The van der Waals surface area contributed by atoms with Gasteiger partial charge in [-0.2, -0.15) is 0 Å². The minimum absolute atomic E-state index is 0.336. The third kappa shape index (κ3) is 3.38.